The van der Waals surface area contributed by atoms with Crippen molar-refractivity contribution in [3.05, 3.63) is 29.8 Å². The lowest BCUT2D eigenvalue weighted by molar-refractivity contribution is -0.125. The Kier molecular flexibility index (Phi) is 4.93. The van der Waals surface area contributed by atoms with Gasteiger partial charge in [0.05, 0.1) is 13.5 Å². The molecule has 0 saturated carbocycles. The SMILES string of the molecule is CC(C)(CNCc1ccc([Si](C)(C)C)cc1)C(N)=O. The first-order valence-electron chi connectivity index (χ1n) is 6.73. The topological polar surface area (TPSA) is 55.1 Å². The van der Waals surface area contributed by atoms with Crippen molar-refractivity contribution in [2.75, 3.05) is 6.54 Å². The molecular weight excluding hydrogens is 252 g/mol. The first-order chi connectivity index (χ1) is 8.63. The summed E-state index contributed by atoms with van der Waals surface area (Å²) in [6.45, 7) is 12.1. The molecule has 0 atom stereocenters. The second-order valence-electron chi connectivity index (χ2n) is 6.80. The highest BCUT2D eigenvalue weighted by Crippen LogP contribution is 2.12. The highest BCUT2D eigenvalue weighted by molar-refractivity contribution is 6.88. The fourth-order valence-electron chi connectivity index (χ4n) is 1.73. The number of hydrogen-bond acceptors (Lipinski definition) is 2. The number of carbonyl (C=O) groups is 1. The first kappa shape index (κ1) is 15.9. The Bertz CT molecular complexity index is 432. The van der Waals surface area contributed by atoms with Crippen LogP contribution in [0.4, 0.5) is 0 Å². The number of rotatable bonds is 6. The van der Waals surface area contributed by atoms with E-state index < -0.39 is 13.5 Å². The predicted molar refractivity (Wildman–Crippen MR) is 84.1 cm³/mol. The lowest BCUT2D eigenvalue weighted by Gasteiger charge is -2.21. The van der Waals surface area contributed by atoms with Crippen LogP contribution < -0.4 is 16.2 Å². The minimum atomic E-state index is -1.21. The maximum Gasteiger partial charge on any atom is 0.224 e. The number of amides is 1. The average Bonchev–Trinajstić information content (AvgIpc) is 2.28. The van der Waals surface area contributed by atoms with Crippen LogP contribution in [-0.4, -0.2) is 20.5 Å². The van der Waals surface area contributed by atoms with Crippen LogP contribution in [0.3, 0.4) is 0 Å². The Balaban J connectivity index is 2.54. The zero-order chi connectivity index (χ0) is 14.7. The molecule has 0 aliphatic carbocycles. The molecule has 0 saturated heterocycles. The predicted octanol–water partition coefficient (Wildman–Crippen LogP) is 1.83. The van der Waals surface area contributed by atoms with E-state index >= 15 is 0 Å². The van der Waals surface area contributed by atoms with Crippen LogP contribution in [0.15, 0.2) is 24.3 Å². The van der Waals surface area contributed by atoms with Gasteiger partial charge in [0, 0.05) is 13.1 Å². The quantitative estimate of drug-likeness (QED) is 0.780. The van der Waals surface area contributed by atoms with Crippen molar-refractivity contribution in [2.45, 2.75) is 40.0 Å². The molecular formula is C15H26N2OSi. The van der Waals surface area contributed by atoms with E-state index in [-0.39, 0.29) is 5.91 Å². The summed E-state index contributed by atoms with van der Waals surface area (Å²) < 4.78 is 0. The highest BCUT2D eigenvalue weighted by Gasteiger charge is 2.24. The van der Waals surface area contributed by atoms with Crippen LogP contribution >= 0.6 is 0 Å². The molecule has 0 radical (unpaired) electrons. The molecule has 0 unspecified atom stereocenters. The van der Waals surface area contributed by atoms with Gasteiger partial charge in [-0.2, -0.15) is 0 Å². The summed E-state index contributed by atoms with van der Waals surface area (Å²) in [5, 5.41) is 4.76. The van der Waals surface area contributed by atoms with Crippen molar-refractivity contribution < 1.29 is 4.79 Å². The third-order valence-corrected chi connectivity index (χ3v) is 5.45. The minimum Gasteiger partial charge on any atom is -0.369 e. The van der Waals surface area contributed by atoms with Gasteiger partial charge in [0.2, 0.25) is 5.91 Å². The fourth-order valence-corrected chi connectivity index (χ4v) is 2.90. The van der Waals surface area contributed by atoms with E-state index in [1.54, 1.807) is 0 Å². The average molecular weight is 278 g/mol. The molecule has 0 spiro atoms. The maximum atomic E-state index is 11.2. The van der Waals surface area contributed by atoms with E-state index in [0.29, 0.717) is 6.54 Å². The zero-order valence-corrected chi connectivity index (χ0v) is 13.7. The molecule has 0 aliphatic rings. The van der Waals surface area contributed by atoms with E-state index in [0.717, 1.165) is 6.54 Å². The number of primary amides is 1. The van der Waals surface area contributed by atoms with E-state index in [9.17, 15) is 4.79 Å². The second-order valence-corrected chi connectivity index (χ2v) is 11.9. The summed E-state index contributed by atoms with van der Waals surface area (Å²) in [4.78, 5) is 11.2. The van der Waals surface area contributed by atoms with Crippen LogP contribution in [0.25, 0.3) is 0 Å². The van der Waals surface area contributed by atoms with Gasteiger partial charge >= 0.3 is 0 Å². The third-order valence-electron chi connectivity index (χ3n) is 3.38. The van der Waals surface area contributed by atoms with Gasteiger partial charge in [0.15, 0.2) is 0 Å². The van der Waals surface area contributed by atoms with Crippen molar-refractivity contribution in [3.8, 4) is 0 Å². The molecule has 106 valence electrons. The van der Waals surface area contributed by atoms with E-state index in [1.165, 1.54) is 10.8 Å². The van der Waals surface area contributed by atoms with Crippen molar-refractivity contribution in [2.24, 2.45) is 11.1 Å². The zero-order valence-electron chi connectivity index (χ0n) is 12.7. The number of nitrogens with two attached hydrogens (primary N) is 1. The molecule has 1 amide bonds. The molecule has 1 rings (SSSR count). The largest absolute Gasteiger partial charge is 0.369 e. The number of carbonyl (C=O) groups excluding carboxylic acids is 1. The third kappa shape index (κ3) is 4.80. The molecule has 4 heteroatoms. The van der Waals surface area contributed by atoms with Gasteiger partial charge in [0.1, 0.15) is 0 Å². The Hall–Kier alpha value is -1.13. The Morgan fingerprint density at radius 3 is 2.16 bits per heavy atom. The van der Waals surface area contributed by atoms with Crippen molar-refractivity contribution in [1.29, 1.82) is 0 Å². The highest BCUT2D eigenvalue weighted by atomic mass is 28.3. The standard InChI is InChI=1S/C15H26N2OSi/c1-15(2,14(16)18)11-17-10-12-6-8-13(9-7-12)19(3,4)5/h6-9,17H,10-11H2,1-5H3,(H2,16,18). The van der Waals surface area contributed by atoms with Gasteiger partial charge in [-0.3, -0.25) is 4.79 Å². The van der Waals surface area contributed by atoms with Crippen LogP contribution in [0.2, 0.25) is 19.6 Å². The van der Waals surface area contributed by atoms with Crippen molar-refractivity contribution in [1.82, 2.24) is 5.32 Å². The minimum absolute atomic E-state index is 0.269. The van der Waals surface area contributed by atoms with Crippen LogP contribution in [0.1, 0.15) is 19.4 Å². The number of nitrogens with one attached hydrogen (secondary N) is 1. The van der Waals surface area contributed by atoms with Crippen LogP contribution in [0, 0.1) is 5.41 Å². The van der Waals surface area contributed by atoms with E-state index in [2.05, 4.69) is 49.2 Å². The normalized spacial score (nSPS) is 12.5. The summed E-state index contributed by atoms with van der Waals surface area (Å²) >= 11 is 0. The Morgan fingerprint density at radius 2 is 1.74 bits per heavy atom. The number of benzene rings is 1. The molecule has 0 heterocycles. The van der Waals surface area contributed by atoms with Gasteiger partial charge < -0.3 is 11.1 Å². The summed E-state index contributed by atoms with van der Waals surface area (Å²) in [5.74, 6) is -0.269. The smallest absolute Gasteiger partial charge is 0.224 e. The molecule has 1 aromatic carbocycles. The molecule has 19 heavy (non-hydrogen) atoms. The molecule has 1 aromatic rings. The summed E-state index contributed by atoms with van der Waals surface area (Å²) in [6.07, 6.45) is 0. The van der Waals surface area contributed by atoms with Crippen LogP contribution in [-0.2, 0) is 11.3 Å². The number of hydrogen-bond donors (Lipinski definition) is 2. The summed E-state index contributed by atoms with van der Waals surface area (Å²) in [7, 11) is -1.21. The van der Waals surface area contributed by atoms with Crippen molar-refractivity contribution in [3.63, 3.8) is 0 Å². The maximum absolute atomic E-state index is 11.2. The fraction of sp³-hybridized carbons (Fsp3) is 0.533. The van der Waals surface area contributed by atoms with E-state index in [1.807, 2.05) is 13.8 Å². The molecule has 0 aromatic heterocycles. The summed E-state index contributed by atoms with van der Waals surface area (Å²) in [5.41, 5.74) is 6.08. The van der Waals surface area contributed by atoms with Gasteiger partial charge in [-0.15, -0.1) is 0 Å². The molecule has 3 nitrogen and oxygen atoms in total. The van der Waals surface area contributed by atoms with Crippen molar-refractivity contribution >= 4 is 19.2 Å². The Morgan fingerprint density at radius 1 is 1.21 bits per heavy atom. The monoisotopic (exact) mass is 278 g/mol. The lowest BCUT2D eigenvalue weighted by Crippen LogP contribution is -2.40. The lowest BCUT2D eigenvalue weighted by atomic mass is 9.93. The molecule has 0 fully saturated rings. The summed E-state index contributed by atoms with van der Waals surface area (Å²) in [6, 6.07) is 8.78. The van der Waals surface area contributed by atoms with Gasteiger partial charge in [-0.1, -0.05) is 49.1 Å². The molecule has 3 N–H and O–H groups in total. The van der Waals surface area contributed by atoms with Gasteiger partial charge in [0.25, 0.3) is 0 Å². The first-order valence-corrected chi connectivity index (χ1v) is 10.2. The Labute approximate surface area is 117 Å². The molecule has 0 bridgehead atoms. The molecule has 0 aliphatic heterocycles. The van der Waals surface area contributed by atoms with Gasteiger partial charge in [-0.05, 0) is 19.4 Å². The second kappa shape index (κ2) is 5.88. The van der Waals surface area contributed by atoms with E-state index in [4.69, 9.17) is 5.73 Å². The van der Waals surface area contributed by atoms with Gasteiger partial charge in [-0.25, -0.2) is 0 Å². The van der Waals surface area contributed by atoms with Crippen LogP contribution in [0.5, 0.6) is 0 Å².